The van der Waals surface area contributed by atoms with Gasteiger partial charge in [-0.2, -0.15) is 0 Å². The van der Waals surface area contributed by atoms with E-state index in [4.69, 9.17) is 30.7 Å². The van der Waals surface area contributed by atoms with Crippen molar-refractivity contribution in [1.82, 2.24) is 19.9 Å². The summed E-state index contributed by atoms with van der Waals surface area (Å²) in [4.78, 5) is 16.8. The molecule has 1 aliphatic rings. The second-order valence-electron chi connectivity index (χ2n) is 7.48. The number of aromatic nitrogens is 3. The van der Waals surface area contributed by atoms with Crippen LogP contribution in [0.5, 0.6) is 11.5 Å². The van der Waals surface area contributed by atoms with E-state index in [0.29, 0.717) is 34.9 Å². The van der Waals surface area contributed by atoms with E-state index in [9.17, 15) is 0 Å². The topological polar surface area (TPSA) is 122 Å². The molecule has 1 aromatic carbocycles. The molecule has 1 aliphatic heterocycles. The standard InChI is InChI=1S/C22H28N6O3S2/c1-14-16(13-32-22-26-19(23)12-20(24)27-22)25-21(33-14)15-3-4-17(29-2)18(11-15)31-10-7-28-5-8-30-9-6-28/h3-4,11-12H,5-10,13H2,1-2H3,(H4,23,24,26,27). The van der Waals surface area contributed by atoms with E-state index in [1.54, 1.807) is 24.5 Å². The van der Waals surface area contributed by atoms with Crippen LogP contribution in [0.2, 0.25) is 0 Å². The second kappa shape index (κ2) is 11.0. The first-order valence-electron chi connectivity index (χ1n) is 10.6. The number of morpholine rings is 1. The van der Waals surface area contributed by atoms with Gasteiger partial charge in [0.2, 0.25) is 0 Å². The zero-order valence-electron chi connectivity index (χ0n) is 18.7. The summed E-state index contributed by atoms with van der Waals surface area (Å²) >= 11 is 3.11. The number of hydrogen-bond acceptors (Lipinski definition) is 11. The Morgan fingerprint density at radius 3 is 2.58 bits per heavy atom. The summed E-state index contributed by atoms with van der Waals surface area (Å²) in [6.45, 7) is 6.93. The van der Waals surface area contributed by atoms with Crippen molar-refractivity contribution in [3.05, 3.63) is 34.8 Å². The number of ether oxygens (including phenoxy) is 3. The van der Waals surface area contributed by atoms with Crippen molar-refractivity contribution in [2.45, 2.75) is 17.8 Å². The third-order valence-electron chi connectivity index (χ3n) is 5.16. The minimum Gasteiger partial charge on any atom is -0.493 e. The summed E-state index contributed by atoms with van der Waals surface area (Å²) < 4.78 is 17.0. The highest BCUT2D eigenvalue weighted by atomic mass is 32.2. The normalized spacial score (nSPS) is 14.4. The minimum absolute atomic E-state index is 0.361. The van der Waals surface area contributed by atoms with Gasteiger partial charge in [0.15, 0.2) is 16.7 Å². The lowest BCUT2D eigenvalue weighted by Crippen LogP contribution is -2.38. The Bertz CT molecular complexity index is 1070. The lowest BCUT2D eigenvalue weighted by Gasteiger charge is -2.26. The van der Waals surface area contributed by atoms with Crippen molar-refractivity contribution in [1.29, 1.82) is 0 Å². The molecule has 0 unspecified atom stereocenters. The Labute approximate surface area is 201 Å². The Morgan fingerprint density at radius 2 is 1.85 bits per heavy atom. The van der Waals surface area contributed by atoms with Crippen LogP contribution in [0.15, 0.2) is 29.4 Å². The monoisotopic (exact) mass is 488 g/mol. The Morgan fingerprint density at radius 1 is 1.09 bits per heavy atom. The largest absolute Gasteiger partial charge is 0.493 e. The summed E-state index contributed by atoms with van der Waals surface area (Å²) in [6, 6.07) is 7.47. The Balaban J connectivity index is 1.44. The van der Waals surface area contributed by atoms with Gasteiger partial charge in [-0.15, -0.1) is 11.3 Å². The molecule has 4 rings (SSSR count). The molecule has 0 amide bonds. The molecular formula is C22H28N6O3S2. The van der Waals surface area contributed by atoms with E-state index in [0.717, 1.165) is 59.7 Å². The van der Waals surface area contributed by atoms with E-state index in [2.05, 4.69) is 21.8 Å². The van der Waals surface area contributed by atoms with Crippen molar-refractivity contribution in [2.24, 2.45) is 0 Å². The van der Waals surface area contributed by atoms with Crippen LogP contribution in [-0.2, 0) is 10.5 Å². The molecule has 4 N–H and O–H groups in total. The number of hydrogen-bond donors (Lipinski definition) is 2. The first-order chi connectivity index (χ1) is 16.0. The van der Waals surface area contributed by atoms with Crippen molar-refractivity contribution < 1.29 is 14.2 Å². The average Bonchev–Trinajstić information content (AvgIpc) is 3.18. The molecule has 0 saturated carbocycles. The van der Waals surface area contributed by atoms with Crippen LogP contribution in [0.1, 0.15) is 10.6 Å². The van der Waals surface area contributed by atoms with Gasteiger partial charge >= 0.3 is 0 Å². The molecule has 0 spiro atoms. The molecule has 176 valence electrons. The molecule has 9 nitrogen and oxygen atoms in total. The number of nitrogens with zero attached hydrogens (tertiary/aromatic N) is 4. The zero-order valence-corrected chi connectivity index (χ0v) is 20.4. The lowest BCUT2D eigenvalue weighted by atomic mass is 10.2. The highest BCUT2D eigenvalue weighted by Crippen LogP contribution is 2.36. The van der Waals surface area contributed by atoms with Crippen molar-refractivity contribution in [2.75, 3.05) is 58.0 Å². The van der Waals surface area contributed by atoms with E-state index >= 15 is 0 Å². The summed E-state index contributed by atoms with van der Waals surface area (Å²) in [5, 5.41) is 1.47. The summed E-state index contributed by atoms with van der Waals surface area (Å²) in [7, 11) is 1.65. The molecule has 3 aromatic rings. The molecule has 0 aliphatic carbocycles. The molecule has 11 heteroatoms. The van der Waals surface area contributed by atoms with Crippen LogP contribution in [0.25, 0.3) is 10.6 Å². The number of nitrogen functional groups attached to an aromatic ring is 2. The van der Waals surface area contributed by atoms with Crippen LogP contribution in [-0.4, -0.2) is 66.4 Å². The van der Waals surface area contributed by atoms with E-state index in [1.807, 2.05) is 18.2 Å². The molecule has 33 heavy (non-hydrogen) atoms. The number of nitrogens with two attached hydrogens (primary N) is 2. The Hall–Kier alpha value is -2.60. The van der Waals surface area contributed by atoms with Gasteiger partial charge in [-0.1, -0.05) is 11.8 Å². The third kappa shape index (κ3) is 6.26. The molecule has 1 fully saturated rings. The molecular weight excluding hydrogens is 460 g/mol. The number of aryl methyl sites for hydroxylation is 1. The van der Waals surface area contributed by atoms with Crippen molar-refractivity contribution in [3.63, 3.8) is 0 Å². The highest BCUT2D eigenvalue weighted by Gasteiger charge is 2.15. The summed E-state index contributed by atoms with van der Waals surface area (Å²) in [5.74, 6) is 2.78. The number of methoxy groups -OCH3 is 1. The number of rotatable bonds is 9. The fourth-order valence-electron chi connectivity index (χ4n) is 3.38. The van der Waals surface area contributed by atoms with Gasteiger partial charge in [-0.3, -0.25) is 4.90 Å². The average molecular weight is 489 g/mol. The number of anilines is 2. The maximum Gasteiger partial charge on any atom is 0.191 e. The minimum atomic E-state index is 0.361. The predicted molar refractivity (Wildman–Crippen MR) is 132 cm³/mol. The fraction of sp³-hybridized carbons (Fsp3) is 0.409. The van der Waals surface area contributed by atoms with Gasteiger partial charge in [0.25, 0.3) is 0 Å². The van der Waals surface area contributed by atoms with Crippen LogP contribution >= 0.6 is 23.1 Å². The van der Waals surface area contributed by atoms with Crippen molar-refractivity contribution >= 4 is 34.7 Å². The molecule has 0 radical (unpaired) electrons. The van der Waals surface area contributed by atoms with Crippen LogP contribution < -0.4 is 20.9 Å². The summed E-state index contributed by atoms with van der Waals surface area (Å²) in [5.41, 5.74) is 13.5. The van der Waals surface area contributed by atoms with Gasteiger partial charge < -0.3 is 25.7 Å². The SMILES string of the molecule is COc1ccc(-c2nc(CSc3nc(N)cc(N)n3)c(C)s2)cc1OCCN1CCOCC1. The van der Waals surface area contributed by atoms with E-state index in [1.165, 1.54) is 11.8 Å². The van der Waals surface area contributed by atoms with Gasteiger partial charge in [-0.05, 0) is 25.1 Å². The molecule has 3 heterocycles. The van der Waals surface area contributed by atoms with E-state index < -0.39 is 0 Å². The molecule has 1 saturated heterocycles. The van der Waals surface area contributed by atoms with Crippen LogP contribution in [0.4, 0.5) is 11.6 Å². The van der Waals surface area contributed by atoms with Gasteiger partial charge in [0, 0.05) is 41.9 Å². The summed E-state index contributed by atoms with van der Waals surface area (Å²) in [6.07, 6.45) is 0. The molecule has 0 atom stereocenters. The second-order valence-corrected chi connectivity index (χ2v) is 9.62. The fourth-order valence-corrected chi connectivity index (χ4v) is 5.28. The first kappa shape index (κ1) is 23.6. The highest BCUT2D eigenvalue weighted by molar-refractivity contribution is 7.98. The third-order valence-corrected chi connectivity index (χ3v) is 7.08. The zero-order chi connectivity index (χ0) is 23.2. The number of thiazole rings is 1. The maximum absolute atomic E-state index is 6.08. The number of thioether (sulfide) groups is 1. The lowest BCUT2D eigenvalue weighted by molar-refractivity contribution is 0.0321. The number of benzene rings is 1. The molecule has 0 bridgehead atoms. The quantitative estimate of drug-likeness (QED) is 0.343. The van der Waals surface area contributed by atoms with Gasteiger partial charge in [-0.25, -0.2) is 15.0 Å². The maximum atomic E-state index is 6.08. The Kier molecular flexibility index (Phi) is 7.86. The van der Waals surface area contributed by atoms with Gasteiger partial charge in [0.1, 0.15) is 23.3 Å². The first-order valence-corrected chi connectivity index (χ1v) is 12.4. The van der Waals surface area contributed by atoms with Crippen molar-refractivity contribution in [3.8, 4) is 22.1 Å². The van der Waals surface area contributed by atoms with E-state index in [-0.39, 0.29) is 0 Å². The predicted octanol–water partition coefficient (Wildman–Crippen LogP) is 3.08. The van der Waals surface area contributed by atoms with Crippen LogP contribution in [0, 0.1) is 6.92 Å². The molecule has 2 aromatic heterocycles. The van der Waals surface area contributed by atoms with Crippen LogP contribution in [0.3, 0.4) is 0 Å². The smallest absolute Gasteiger partial charge is 0.191 e. The van der Waals surface area contributed by atoms with Gasteiger partial charge in [0.05, 0.1) is 26.0 Å².